The van der Waals surface area contributed by atoms with Gasteiger partial charge in [0.15, 0.2) is 16.7 Å². The second-order valence-corrected chi connectivity index (χ2v) is 6.50. The number of ether oxygens (including phenoxy) is 1. The average Bonchev–Trinajstić information content (AvgIpc) is 2.64. The summed E-state index contributed by atoms with van der Waals surface area (Å²) < 4.78 is 5.94. The summed E-state index contributed by atoms with van der Waals surface area (Å²) in [6.45, 7) is 2.52. The predicted octanol–water partition coefficient (Wildman–Crippen LogP) is 5.43. The zero-order valence-corrected chi connectivity index (χ0v) is 15.8. The molecule has 0 spiro atoms. The van der Waals surface area contributed by atoms with Crippen LogP contribution in [0.2, 0.25) is 5.02 Å². The van der Waals surface area contributed by atoms with E-state index in [-0.39, 0.29) is 0 Å². The quantitative estimate of drug-likeness (QED) is 0.575. The summed E-state index contributed by atoms with van der Waals surface area (Å²) in [5, 5.41) is 7.26. The minimum Gasteiger partial charge on any atom is -0.485 e. The molecule has 0 saturated heterocycles. The van der Waals surface area contributed by atoms with Crippen molar-refractivity contribution in [2.24, 2.45) is 0 Å². The highest BCUT2D eigenvalue weighted by molar-refractivity contribution is 7.80. The Kier molecular flexibility index (Phi) is 6.04. The van der Waals surface area contributed by atoms with E-state index in [1.54, 1.807) is 18.3 Å². The van der Waals surface area contributed by atoms with Crippen molar-refractivity contribution in [2.75, 3.05) is 10.6 Å². The van der Waals surface area contributed by atoms with Gasteiger partial charge in [-0.25, -0.2) is 4.98 Å². The van der Waals surface area contributed by atoms with Gasteiger partial charge in [-0.05, 0) is 66.7 Å². The van der Waals surface area contributed by atoms with Gasteiger partial charge in [-0.1, -0.05) is 35.9 Å². The standard InChI is InChI=1S/C20H18ClN3OS/c1-14-5-2-3-6-15(14)13-25-18-7-4-12-22-19(18)24-20(26)23-17-10-8-16(21)9-11-17/h2-12H,13H2,1H3,(H2,22,23,24,26). The molecule has 2 aromatic carbocycles. The molecule has 0 fully saturated rings. The number of benzene rings is 2. The lowest BCUT2D eigenvalue weighted by molar-refractivity contribution is 0.306. The van der Waals surface area contributed by atoms with Gasteiger partial charge >= 0.3 is 0 Å². The van der Waals surface area contributed by atoms with Crippen LogP contribution in [0.25, 0.3) is 0 Å². The second kappa shape index (κ2) is 8.65. The third-order valence-corrected chi connectivity index (χ3v) is 4.21. The normalized spacial score (nSPS) is 10.2. The van der Waals surface area contributed by atoms with Gasteiger partial charge in [0, 0.05) is 16.9 Å². The molecule has 0 amide bonds. The first kappa shape index (κ1) is 18.2. The first-order chi connectivity index (χ1) is 12.6. The maximum atomic E-state index is 5.94. The summed E-state index contributed by atoms with van der Waals surface area (Å²) >= 11 is 11.3. The van der Waals surface area contributed by atoms with Crippen molar-refractivity contribution >= 4 is 40.4 Å². The van der Waals surface area contributed by atoms with Crippen molar-refractivity contribution < 1.29 is 4.74 Å². The zero-order chi connectivity index (χ0) is 18.4. The molecule has 6 heteroatoms. The molecule has 0 unspecified atom stereocenters. The van der Waals surface area contributed by atoms with Crippen molar-refractivity contribution in [3.05, 3.63) is 83.0 Å². The summed E-state index contributed by atoms with van der Waals surface area (Å²) in [7, 11) is 0. The van der Waals surface area contributed by atoms with E-state index in [2.05, 4.69) is 28.6 Å². The second-order valence-electron chi connectivity index (χ2n) is 5.65. The Balaban J connectivity index is 1.65. The molecule has 26 heavy (non-hydrogen) atoms. The van der Waals surface area contributed by atoms with Crippen molar-refractivity contribution in [1.82, 2.24) is 4.98 Å². The van der Waals surface area contributed by atoms with E-state index in [1.165, 1.54) is 5.56 Å². The SMILES string of the molecule is Cc1ccccc1COc1cccnc1NC(=S)Nc1ccc(Cl)cc1. The molecule has 0 saturated carbocycles. The van der Waals surface area contributed by atoms with Crippen molar-refractivity contribution in [1.29, 1.82) is 0 Å². The van der Waals surface area contributed by atoms with Crippen LogP contribution in [0.5, 0.6) is 5.75 Å². The molecule has 3 rings (SSSR count). The van der Waals surface area contributed by atoms with Gasteiger partial charge in [-0.15, -0.1) is 0 Å². The Morgan fingerprint density at radius 1 is 1.04 bits per heavy atom. The summed E-state index contributed by atoms with van der Waals surface area (Å²) in [6.07, 6.45) is 1.69. The lowest BCUT2D eigenvalue weighted by Gasteiger charge is -2.14. The van der Waals surface area contributed by atoms with E-state index in [0.717, 1.165) is 11.3 Å². The molecule has 0 aliphatic rings. The smallest absolute Gasteiger partial charge is 0.176 e. The summed E-state index contributed by atoms with van der Waals surface area (Å²) in [6, 6.07) is 19.1. The molecule has 132 valence electrons. The first-order valence-electron chi connectivity index (χ1n) is 8.08. The third-order valence-electron chi connectivity index (χ3n) is 3.75. The van der Waals surface area contributed by atoms with Crippen molar-refractivity contribution in [3.8, 4) is 5.75 Å². The molecule has 2 N–H and O–H groups in total. The summed E-state index contributed by atoms with van der Waals surface area (Å²) in [5.41, 5.74) is 3.15. The lowest BCUT2D eigenvalue weighted by atomic mass is 10.1. The topological polar surface area (TPSA) is 46.2 Å². The zero-order valence-electron chi connectivity index (χ0n) is 14.2. The van der Waals surface area contributed by atoms with Crippen LogP contribution in [0.1, 0.15) is 11.1 Å². The number of pyridine rings is 1. The van der Waals surface area contributed by atoms with Gasteiger partial charge in [0.2, 0.25) is 0 Å². The number of hydrogen-bond acceptors (Lipinski definition) is 3. The minimum atomic E-state index is 0.423. The number of aromatic nitrogens is 1. The summed E-state index contributed by atoms with van der Waals surface area (Å²) in [5.74, 6) is 1.20. The molecule has 0 aliphatic heterocycles. The van der Waals surface area contributed by atoms with Gasteiger partial charge in [0.25, 0.3) is 0 Å². The van der Waals surface area contributed by atoms with Gasteiger partial charge in [0.05, 0.1) is 0 Å². The summed E-state index contributed by atoms with van der Waals surface area (Å²) in [4.78, 5) is 4.32. The minimum absolute atomic E-state index is 0.423. The molecule has 0 aliphatic carbocycles. The number of anilines is 2. The molecule has 4 nitrogen and oxygen atoms in total. The number of hydrogen-bond donors (Lipinski definition) is 2. The molecule has 1 aromatic heterocycles. The van der Waals surface area contributed by atoms with Crippen LogP contribution < -0.4 is 15.4 Å². The van der Waals surface area contributed by atoms with Crippen LogP contribution in [-0.2, 0) is 6.61 Å². The van der Waals surface area contributed by atoms with E-state index in [1.807, 2.05) is 42.5 Å². The van der Waals surface area contributed by atoms with Crippen LogP contribution in [0.15, 0.2) is 66.9 Å². The van der Waals surface area contributed by atoms with E-state index in [9.17, 15) is 0 Å². The van der Waals surface area contributed by atoms with Gasteiger partial charge in [-0.3, -0.25) is 0 Å². The number of nitrogens with zero attached hydrogens (tertiary/aromatic N) is 1. The highest BCUT2D eigenvalue weighted by atomic mass is 35.5. The molecule has 0 atom stereocenters. The van der Waals surface area contributed by atoms with Crippen LogP contribution in [0.4, 0.5) is 11.5 Å². The van der Waals surface area contributed by atoms with Gasteiger partial charge < -0.3 is 15.4 Å². The molecule has 0 bridgehead atoms. The van der Waals surface area contributed by atoms with E-state index >= 15 is 0 Å². The van der Waals surface area contributed by atoms with Crippen LogP contribution in [0, 0.1) is 6.92 Å². The molecule has 0 radical (unpaired) electrons. The molecule has 1 heterocycles. The van der Waals surface area contributed by atoms with E-state index in [0.29, 0.717) is 28.3 Å². The Hall–Kier alpha value is -2.63. The van der Waals surface area contributed by atoms with Gasteiger partial charge in [-0.2, -0.15) is 0 Å². The van der Waals surface area contributed by atoms with E-state index < -0.39 is 0 Å². The number of rotatable bonds is 5. The largest absolute Gasteiger partial charge is 0.485 e. The Labute approximate surface area is 163 Å². The average molecular weight is 384 g/mol. The maximum absolute atomic E-state index is 5.94. The lowest BCUT2D eigenvalue weighted by Crippen LogP contribution is -2.20. The Bertz CT molecular complexity index is 900. The number of nitrogens with one attached hydrogen (secondary N) is 2. The van der Waals surface area contributed by atoms with Gasteiger partial charge in [0.1, 0.15) is 6.61 Å². The number of halogens is 1. The fourth-order valence-corrected chi connectivity index (χ4v) is 2.67. The highest BCUT2D eigenvalue weighted by Crippen LogP contribution is 2.23. The number of thiocarbonyl (C=S) groups is 1. The molecule has 3 aromatic rings. The monoisotopic (exact) mass is 383 g/mol. The van der Waals surface area contributed by atoms with Crippen molar-refractivity contribution in [3.63, 3.8) is 0 Å². The van der Waals surface area contributed by atoms with Crippen molar-refractivity contribution in [2.45, 2.75) is 13.5 Å². The fourth-order valence-electron chi connectivity index (χ4n) is 2.33. The molecular weight excluding hydrogens is 366 g/mol. The van der Waals surface area contributed by atoms with Crippen LogP contribution in [0.3, 0.4) is 0 Å². The fraction of sp³-hybridized carbons (Fsp3) is 0.100. The number of aryl methyl sites for hydroxylation is 1. The Morgan fingerprint density at radius 2 is 1.81 bits per heavy atom. The maximum Gasteiger partial charge on any atom is 0.176 e. The predicted molar refractivity (Wildman–Crippen MR) is 111 cm³/mol. The van der Waals surface area contributed by atoms with Crippen LogP contribution >= 0.6 is 23.8 Å². The Morgan fingerprint density at radius 3 is 2.58 bits per heavy atom. The molecular formula is C20H18ClN3OS. The van der Waals surface area contributed by atoms with E-state index in [4.69, 9.17) is 28.6 Å². The first-order valence-corrected chi connectivity index (χ1v) is 8.86. The third kappa shape index (κ3) is 4.94. The van der Waals surface area contributed by atoms with Crippen LogP contribution in [-0.4, -0.2) is 10.1 Å². The highest BCUT2D eigenvalue weighted by Gasteiger charge is 2.08.